The van der Waals surface area contributed by atoms with Crippen LogP contribution in [0.25, 0.3) is 0 Å². The first-order valence-electron chi connectivity index (χ1n) is 10.5. The molecule has 3 amide bonds. The molecule has 3 atom stereocenters. The largest absolute Gasteiger partial charge is 0.433 e. The van der Waals surface area contributed by atoms with Gasteiger partial charge >= 0.3 is 12.1 Å². The predicted molar refractivity (Wildman–Crippen MR) is 107 cm³/mol. The van der Waals surface area contributed by atoms with Crippen LogP contribution in [0.1, 0.15) is 42.1 Å². The van der Waals surface area contributed by atoms with Crippen molar-refractivity contribution in [1.82, 2.24) is 15.5 Å². The molecule has 180 valence electrons. The Morgan fingerprint density at radius 1 is 1.24 bits per heavy atom. The van der Waals surface area contributed by atoms with Crippen LogP contribution in [-0.2, 0) is 30.0 Å². The van der Waals surface area contributed by atoms with Gasteiger partial charge in [-0.3, -0.25) is 19.2 Å². The lowest BCUT2D eigenvalue weighted by Gasteiger charge is -2.26. The van der Waals surface area contributed by atoms with Crippen molar-refractivity contribution in [2.24, 2.45) is 0 Å². The van der Waals surface area contributed by atoms with Crippen LogP contribution in [-0.4, -0.2) is 66.7 Å². The lowest BCUT2D eigenvalue weighted by atomic mass is 10.1. The SMILES string of the molecule is CCO[C@@H]1OC(=O)C[C@@H]1NC(=O)[C@@H]1CCCN1C(=O)CNC(=O)c1ccccc1C(F)(F)F. The van der Waals surface area contributed by atoms with E-state index >= 15 is 0 Å². The van der Waals surface area contributed by atoms with E-state index in [1.807, 2.05) is 0 Å². The Bertz CT molecular complexity index is 923. The van der Waals surface area contributed by atoms with Crippen molar-refractivity contribution < 1.29 is 41.8 Å². The number of cyclic esters (lactones) is 1. The monoisotopic (exact) mass is 471 g/mol. The maximum atomic E-state index is 13.1. The summed E-state index contributed by atoms with van der Waals surface area (Å²) in [5.41, 5.74) is -1.70. The van der Waals surface area contributed by atoms with Gasteiger partial charge < -0.3 is 25.0 Å². The molecule has 0 aromatic heterocycles. The number of amides is 3. The number of benzene rings is 1. The van der Waals surface area contributed by atoms with Crippen LogP contribution in [0.5, 0.6) is 0 Å². The highest BCUT2D eigenvalue weighted by atomic mass is 19.4. The Labute approximate surface area is 187 Å². The van der Waals surface area contributed by atoms with Crippen LogP contribution in [0.4, 0.5) is 13.2 Å². The van der Waals surface area contributed by atoms with Crippen LogP contribution in [0, 0.1) is 0 Å². The molecule has 0 saturated carbocycles. The predicted octanol–water partition coefficient (Wildman–Crippen LogP) is 1.22. The number of hydrogen-bond donors (Lipinski definition) is 2. The Balaban J connectivity index is 1.59. The summed E-state index contributed by atoms with van der Waals surface area (Å²) < 4.78 is 49.7. The molecule has 2 fully saturated rings. The highest BCUT2D eigenvalue weighted by Gasteiger charge is 2.41. The minimum atomic E-state index is -4.72. The fourth-order valence-electron chi connectivity index (χ4n) is 3.87. The first kappa shape index (κ1) is 24.5. The number of alkyl halides is 3. The van der Waals surface area contributed by atoms with Gasteiger partial charge in [-0.2, -0.15) is 13.2 Å². The first-order valence-corrected chi connectivity index (χ1v) is 10.5. The quantitative estimate of drug-likeness (QED) is 0.578. The summed E-state index contributed by atoms with van der Waals surface area (Å²) in [6.07, 6.45) is -4.80. The molecule has 2 heterocycles. The van der Waals surface area contributed by atoms with Crippen molar-refractivity contribution in [2.75, 3.05) is 19.7 Å². The van der Waals surface area contributed by atoms with Crippen molar-refractivity contribution in [1.29, 1.82) is 0 Å². The highest BCUT2D eigenvalue weighted by Crippen LogP contribution is 2.31. The first-order chi connectivity index (χ1) is 15.6. The van der Waals surface area contributed by atoms with Crippen LogP contribution < -0.4 is 10.6 Å². The molecule has 2 aliphatic heterocycles. The molecule has 2 N–H and O–H groups in total. The lowest BCUT2D eigenvalue weighted by molar-refractivity contribution is -0.164. The minimum absolute atomic E-state index is 0.0637. The summed E-state index contributed by atoms with van der Waals surface area (Å²) in [5, 5.41) is 4.87. The number of carbonyl (C=O) groups excluding carboxylic acids is 4. The average Bonchev–Trinajstić information content (AvgIpc) is 3.38. The van der Waals surface area contributed by atoms with Gasteiger partial charge in [-0.05, 0) is 31.9 Å². The van der Waals surface area contributed by atoms with Crippen LogP contribution >= 0.6 is 0 Å². The molecule has 0 unspecified atom stereocenters. The Hall–Kier alpha value is -3.15. The van der Waals surface area contributed by atoms with E-state index in [0.29, 0.717) is 12.8 Å². The number of esters is 1. The van der Waals surface area contributed by atoms with E-state index in [0.717, 1.165) is 18.2 Å². The van der Waals surface area contributed by atoms with Gasteiger partial charge in [-0.1, -0.05) is 12.1 Å². The molecule has 33 heavy (non-hydrogen) atoms. The third-order valence-corrected chi connectivity index (χ3v) is 5.37. The number of nitrogens with zero attached hydrogens (tertiary/aromatic N) is 1. The van der Waals surface area contributed by atoms with E-state index in [9.17, 15) is 32.3 Å². The molecule has 1 aromatic carbocycles. The zero-order chi connectivity index (χ0) is 24.2. The molecule has 2 saturated heterocycles. The molecular weight excluding hydrogens is 447 g/mol. The summed E-state index contributed by atoms with van der Waals surface area (Å²) in [5.74, 6) is -2.66. The third kappa shape index (κ3) is 5.81. The summed E-state index contributed by atoms with van der Waals surface area (Å²) in [7, 11) is 0. The summed E-state index contributed by atoms with van der Waals surface area (Å²) >= 11 is 0. The summed E-state index contributed by atoms with van der Waals surface area (Å²) in [6, 6.07) is 2.73. The number of likely N-dealkylation sites (tertiary alicyclic amines) is 1. The van der Waals surface area contributed by atoms with Gasteiger partial charge in [0, 0.05) is 13.2 Å². The average molecular weight is 471 g/mol. The van der Waals surface area contributed by atoms with Crippen LogP contribution in [0.3, 0.4) is 0 Å². The van der Waals surface area contributed by atoms with E-state index in [-0.39, 0.29) is 19.6 Å². The molecule has 9 nitrogen and oxygen atoms in total. The van der Waals surface area contributed by atoms with Gasteiger partial charge in [-0.25, -0.2) is 0 Å². The molecule has 0 aliphatic carbocycles. The van der Waals surface area contributed by atoms with E-state index in [4.69, 9.17) is 9.47 Å². The minimum Gasteiger partial charge on any atom is -0.433 e. The van der Waals surface area contributed by atoms with Gasteiger partial charge in [0.05, 0.1) is 24.1 Å². The van der Waals surface area contributed by atoms with Gasteiger partial charge in [0.2, 0.25) is 18.1 Å². The molecule has 3 rings (SSSR count). The van der Waals surface area contributed by atoms with Crippen LogP contribution in [0.15, 0.2) is 24.3 Å². The zero-order valence-corrected chi connectivity index (χ0v) is 17.8. The number of hydrogen-bond acceptors (Lipinski definition) is 6. The fourth-order valence-corrected chi connectivity index (χ4v) is 3.87. The van der Waals surface area contributed by atoms with Crippen molar-refractivity contribution >= 4 is 23.7 Å². The maximum Gasteiger partial charge on any atom is 0.417 e. The second-order valence-electron chi connectivity index (χ2n) is 7.60. The smallest absolute Gasteiger partial charge is 0.417 e. The number of halogens is 3. The van der Waals surface area contributed by atoms with Gasteiger partial charge in [-0.15, -0.1) is 0 Å². The molecule has 2 aliphatic rings. The lowest BCUT2D eigenvalue weighted by Crippen LogP contribution is -2.52. The number of ether oxygens (including phenoxy) is 2. The normalized spacial score (nSPS) is 22.7. The highest BCUT2D eigenvalue weighted by molar-refractivity contribution is 5.98. The second kappa shape index (κ2) is 10.2. The second-order valence-corrected chi connectivity index (χ2v) is 7.60. The van der Waals surface area contributed by atoms with Crippen molar-refractivity contribution in [2.45, 2.75) is 50.7 Å². The summed E-state index contributed by atoms with van der Waals surface area (Å²) in [4.78, 5) is 50.5. The topological polar surface area (TPSA) is 114 Å². The maximum absolute atomic E-state index is 13.1. The number of nitrogens with one attached hydrogen (secondary N) is 2. The van der Waals surface area contributed by atoms with Gasteiger partial charge in [0.25, 0.3) is 5.91 Å². The molecular formula is C21H24F3N3O6. The zero-order valence-electron chi connectivity index (χ0n) is 17.8. The molecule has 1 aromatic rings. The Kier molecular flexibility index (Phi) is 7.57. The third-order valence-electron chi connectivity index (χ3n) is 5.37. The molecule has 0 radical (unpaired) electrons. The van der Waals surface area contributed by atoms with E-state index in [2.05, 4.69) is 10.6 Å². The van der Waals surface area contributed by atoms with Crippen molar-refractivity contribution in [3.63, 3.8) is 0 Å². The standard InChI is InChI=1S/C21H24F3N3O6/c1-2-32-20-14(10-17(29)33-20)26-19(31)15-8-5-9-27(15)16(28)11-25-18(30)12-6-3-4-7-13(12)21(22,23)24/h3-4,6-7,14-15,20H,2,5,8-11H2,1H3,(H,25,30)(H,26,31)/t14-,15-,20+/m0/s1. The van der Waals surface area contributed by atoms with Gasteiger partial charge in [0.1, 0.15) is 12.1 Å². The molecule has 0 bridgehead atoms. The molecule has 12 heteroatoms. The summed E-state index contributed by atoms with van der Waals surface area (Å²) in [6.45, 7) is 1.67. The van der Waals surface area contributed by atoms with E-state index < -0.39 is 65.9 Å². The number of rotatable bonds is 7. The Morgan fingerprint density at radius 3 is 2.67 bits per heavy atom. The molecule has 0 spiro atoms. The van der Waals surface area contributed by atoms with Crippen LogP contribution in [0.2, 0.25) is 0 Å². The number of carbonyl (C=O) groups is 4. The van der Waals surface area contributed by atoms with Crippen molar-refractivity contribution in [3.05, 3.63) is 35.4 Å². The Morgan fingerprint density at radius 2 is 1.97 bits per heavy atom. The van der Waals surface area contributed by atoms with E-state index in [1.54, 1.807) is 6.92 Å². The van der Waals surface area contributed by atoms with E-state index in [1.165, 1.54) is 11.0 Å². The fraction of sp³-hybridized carbons (Fsp3) is 0.524. The van der Waals surface area contributed by atoms with Gasteiger partial charge in [0.15, 0.2) is 0 Å². The van der Waals surface area contributed by atoms with Crippen molar-refractivity contribution in [3.8, 4) is 0 Å².